The first-order valence-corrected chi connectivity index (χ1v) is 31.1. The third-order valence-electron chi connectivity index (χ3n) is 26.4. The molecule has 2 saturated heterocycles. The molecule has 20 heteroatoms. The second-order valence-corrected chi connectivity index (χ2v) is 29.2. The van der Waals surface area contributed by atoms with Crippen molar-refractivity contribution in [3.8, 4) is 0 Å². The number of H-pyrrole nitrogens is 2. The minimum absolute atomic E-state index is 0.0192. The lowest BCUT2D eigenvalue weighted by molar-refractivity contribution is -0.354. The number of allylic oxidation sites excluding steroid dienone is 3. The van der Waals surface area contributed by atoms with E-state index < -0.39 is 135 Å². The molecule has 13 rings (SSSR count). The summed E-state index contributed by atoms with van der Waals surface area (Å²) >= 11 is 0. The predicted octanol–water partition coefficient (Wildman–Crippen LogP) is 3.40. The van der Waals surface area contributed by atoms with Crippen LogP contribution in [0.25, 0.3) is 0 Å². The molecule has 0 radical (unpaired) electrons. The van der Waals surface area contributed by atoms with Crippen molar-refractivity contribution in [2.24, 2.45) is 96.9 Å². The summed E-state index contributed by atoms with van der Waals surface area (Å²) in [6.07, 6.45) is 9.80. The largest absolute Gasteiger partial charge is 0.481 e. The van der Waals surface area contributed by atoms with E-state index in [2.05, 4.69) is 58.5 Å². The van der Waals surface area contributed by atoms with Crippen LogP contribution in [0.4, 0.5) is 5.82 Å². The van der Waals surface area contributed by atoms with Crippen LogP contribution in [0.15, 0.2) is 42.7 Å². The summed E-state index contributed by atoms with van der Waals surface area (Å²) in [5.74, 6) is -3.65. The number of hydrogen-bond donors (Lipinski definition) is 14. The van der Waals surface area contributed by atoms with E-state index in [-0.39, 0.29) is 55.1 Å². The minimum Gasteiger partial charge on any atom is -0.481 e. The minimum atomic E-state index is -1.70. The van der Waals surface area contributed by atoms with Crippen LogP contribution in [0.5, 0.6) is 0 Å². The van der Waals surface area contributed by atoms with Gasteiger partial charge in [0.25, 0.3) is 0 Å². The van der Waals surface area contributed by atoms with Crippen LogP contribution in [-0.2, 0) is 30.9 Å². The molecule has 8 aliphatic carbocycles. The highest BCUT2D eigenvalue weighted by Crippen LogP contribution is 2.82. The summed E-state index contributed by atoms with van der Waals surface area (Å²) in [7, 11) is 0. The molecule has 2 aromatic rings. The number of nitrogens with two attached hydrogens (primary N) is 1. The zero-order chi connectivity index (χ0) is 57.9. The molecule has 15 N–H and O–H groups in total. The van der Waals surface area contributed by atoms with Gasteiger partial charge in [0.15, 0.2) is 6.29 Å². The van der Waals surface area contributed by atoms with Crippen LogP contribution in [0, 0.1) is 91.2 Å². The summed E-state index contributed by atoms with van der Waals surface area (Å²) < 4.78 is 13.1. The maximum atomic E-state index is 15.5. The van der Waals surface area contributed by atoms with E-state index in [9.17, 15) is 50.8 Å². The van der Waals surface area contributed by atoms with Gasteiger partial charge in [-0.05, 0) is 134 Å². The smallest absolute Gasteiger partial charge is 0.310 e. The molecule has 2 aromatic heterocycles. The van der Waals surface area contributed by atoms with Crippen molar-refractivity contribution in [3.05, 3.63) is 54.0 Å². The molecule has 0 aromatic carbocycles. The summed E-state index contributed by atoms with van der Waals surface area (Å²) in [6.45, 7) is 8.56. The molecule has 24 atom stereocenters. The van der Waals surface area contributed by atoms with E-state index in [1.54, 1.807) is 18.9 Å². The van der Waals surface area contributed by atoms with Gasteiger partial charge < -0.3 is 81.8 Å². The molecule has 6 saturated carbocycles. The number of carboxylic acids is 1. The fraction of sp³-hybridized carbons (Fsp3) is 0.806. The van der Waals surface area contributed by atoms with Crippen molar-refractivity contribution in [3.63, 3.8) is 0 Å². The van der Waals surface area contributed by atoms with E-state index in [1.807, 2.05) is 13.0 Å². The maximum absolute atomic E-state index is 15.5. The molecule has 11 aliphatic rings. The zero-order valence-electron chi connectivity index (χ0n) is 48.1. The quantitative estimate of drug-likeness (QED) is 0.0871. The Hall–Kier alpha value is -3.80. The van der Waals surface area contributed by atoms with Crippen LogP contribution in [0.2, 0.25) is 0 Å². The maximum Gasteiger partial charge on any atom is 0.310 e. The Kier molecular flexibility index (Phi) is 13.9. The molecule has 0 bridgehead atoms. The Morgan fingerprint density at radius 2 is 1.65 bits per heavy atom. The van der Waals surface area contributed by atoms with Crippen LogP contribution in [0.3, 0.4) is 0 Å². The standard InChI is InChI=1S/C62H91N7O13/c1-55(27-70)19-20-60(54(79)80)35(23-55)33-11-12-40-57(3,58(33,4)34-21-37-51(68-30-66-37)65-24-36(34)60)17-14-39-56(2,28-71)50(82-52-48(77)46(75)38(72)26-81-52)47(76)44(62(39,40)31-9-5-6-10-31)32-13-18-61(41-25-64-29-67-41,42(73)22-43(63)74)49-45(32)59(53(78)69-49)15-7-8-16-59/h11,13,18,25,29-32,34-36,38-40,42-50,52,65,70-77H,5-10,12,14-17,19-24,26-28,63H2,1-4H3,(H,64,67)(H,66,68)(H,69,78)(H,79,80). The first kappa shape index (κ1) is 57.3. The lowest BCUT2D eigenvalue weighted by atomic mass is 9.27. The zero-order valence-corrected chi connectivity index (χ0v) is 48.1. The van der Waals surface area contributed by atoms with Crippen LogP contribution < -0.4 is 16.4 Å². The van der Waals surface area contributed by atoms with Crippen molar-refractivity contribution in [1.29, 1.82) is 0 Å². The number of fused-ring (bicyclic) bond motifs is 13. The van der Waals surface area contributed by atoms with Gasteiger partial charge in [-0.25, -0.2) is 9.97 Å². The number of hydrogen-bond acceptors (Lipinski definition) is 16. The van der Waals surface area contributed by atoms with Crippen molar-refractivity contribution in [1.82, 2.24) is 25.3 Å². The fourth-order valence-corrected chi connectivity index (χ4v) is 22.7. The lowest BCUT2D eigenvalue weighted by Gasteiger charge is -2.77. The van der Waals surface area contributed by atoms with Crippen LogP contribution >= 0.6 is 0 Å². The normalized spacial score (nSPS) is 49.1. The molecule has 8 fully saturated rings. The highest BCUT2D eigenvalue weighted by atomic mass is 16.7. The molecule has 82 heavy (non-hydrogen) atoms. The number of imidazole rings is 2. The van der Waals surface area contributed by atoms with Gasteiger partial charge in [-0.3, -0.25) is 9.59 Å². The molecular formula is C62H91N7O13. The number of aromatic amines is 2. The number of carbonyl (C=O) groups excluding carboxylic acids is 1. The van der Waals surface area contributed by atoms with Crippen LogP contribution in [-0.4, -0.2) is 159 Å². The van der Waals surface area contributed by atoms with E-state index in [4.69, 9.17) is 20.2 Å². The van der Waals surface area contributed by atoms with Gasteiger partial charge in [0.05, 0.1) is 72.2 Å². The van der Waals surface area contributed by atoms with E-state index in [0.717, 1.165) is 55.6 Å². The van der Waals surface area contributed by atoms with E-state index in [1.165, 1.54) is 0 Å². The van der Waals surface area contributed by atoms with Gasteiger partial charge >= 0.3 is 5.97 Å². The number of rotatable bonds is 11. The summed E-state index contributed by atoms with van der Waals surface area (Å²) in [6, 6.07) is -0.790. The van der Waals surface area contributed by atoms with Crippen molar-refractivity contribution in [2.75, 3.05) is 31.7 Å². The number of anilines is 1. The number of carboxylic acid groups (broad SMARTS) is 1. The first-order chi connectivity index (χ1) is 39.1. The third kappa shape index (κ3) is 7.41. The highest BCUT2D eigenvalue weighted by Gasteiger charge is 2.80. The monoisotopic (exact) mass is 1140 g/mol. The average molecular weight is 1140 g/mol. The molecule has 24 unspecified atom stereocenters. The van der Waals surface area contributed by atoms with Crippen molar-refractivity contribution < 1.29 is 65.0 Å². The second kappa shape index (κ2) is 19.9. The number of nitrogens with one attached hydrogen (secondary N) is 4. The van der Waals surface area contributed by atoms with Gasteiger partial charge in [0.2, 0.25) is 5.91 Å². The molecule has 452 valence electrons. The molecule has 20 nitrogen and oxygen atoms in total. The summed E-state index contributed by atoms with van der Waals surface area (Å²) in [4.78, 5) is 46.1. The highest BCUT2D eigenvalue weighted by molar-refractivity contribution is 5.87. The Bertz CT molecular complexity index is 2820. The Morgan fingerprint density at radius 3 is 2.33 bits per heavy atom. The number of nitrogens with zero attached hydrogens (tertiary/aromatic N) is 2. The number of aromatic nitrogens is 4. The fourth-order valence-electron chi connectivity index (χ4n) is 22.7. The Morgan fingerprint density at radius 1 is 0.890 bits per heavy atom. The lowest BCUT2D eigenvalue weighted by Crippen LogP contribution is -2.77. The number of aliphatic hydroxyl groups excluding tert-OH is 8. The van der Waals surface area contributed by atoms with Gasteiger partial charge in [0.1, 0.15) is 30.4 Å². The number of aliphatic carboxylic acids is 1. The van der Waals surface area contributed by atoms with Crippen LogP contribution in [0.1, 0.15) is 135 Å². The molecular weight excluding hydrogens is 1050 g/mol. The van der Waals surface area contributed by atoms with Crippen molar-refractivity contribution in [2.45, 2.75) is 191 Å². The second-order valence-electron chi connectivity index (χ2n) is 29.2. The number of amides is 1. The Labute approximate surface area is 479 Å². The number of aliphatic hydroxyl groups is 8. The SMILES string of the molecule is CC1(CO)CCC2(C(=O)O)C(C1)C1=CCC3C4(C5CCCC5)C(C5C=CC(c6cnc[nH]6)(C(O)CC(N)O)C6NC(=O)C7(CCCC7)C56)C(O)C(OC5OCC(O)C(O)C5O)C(C)(CO)C4CCC3(C)C1(C)C1Cc3[nH]cnc3NCC12. The number of ether oxygens (including phenoxy) is 2. The molecule has 1 amide bonds. The molecule has 5 heterocycles. The average Bonchev–Trinajstić information content (AvgIpc) is 1.09. The van der Waals surface area contributed by atoms with E-state index >= 15 is 4.79 Å². The Balaban J connectivity index is 1.08. The summed E-state index contributed by atoms with van der Waals surface area (Å²) in [5, 5.41) is 114. The molecule has 1 spiro atoms. The summed E-state index contributed by atoms with van der Waals surface area (Å²) in [5.41, 5.74) is 1.43. The van der Waals surface area contributed by atoms with Gasteiger partial charge in [-0.2, -0.15) is 0 Å². The first-order valence-electron chi connectivity index (χ1n) is 31.1. The number of carbonyl (C=O) groups is 2. The van der Waals surface area contributed by atoms with Crippen molar-refractivity contribution >= 4 is 17.7 Å². The van der Waals surface area contributed by atoms with Gasteiger partial charge in [-0.15, -0.1) is 0 Å². The third-order valence-corrected chi connectivity index (χ3v) is 26.4. The topological polar surface area (TPSA) is 342 Å². The predicted molar refractivity (Wildman–Crippen MR) is 297 cm³/mol. The van der Waals surface area contributed by atoms with E-state index in [0.29, 0.717) is 70.0 Å². The van der Waals surface area contributed by atoms with Gasteiger partial charge in [-0.1, -0.05) is 77.2 Å². The molecule has 3 aliphatic heterocycles. The van der Waals surface area contributed by atoms with Gasteiger partial charge in [0, 0.05) is 48.7 Å².